The van der Waals surface area contributed by atoms with E-state index in [2.05, 4.69) is 99.7 Å². The number of nitrogens with zero attached hydrogens (tertiary/aromatic N) is 4. The second-order valence-corrected chi connectivity index (χ2v) is 34.4. The predicted octanol–water partition coefficient (Wildman–Crippen LogP) is -5.71. The first-order valence-electron chi connectivity index (χ1n) is 44.8. The van der Waals surface area contributed by atoms with Gasteiger partial charge in [-0.15, -0.1) is 0 Å². The quantitative estimate of drug-likeness (QED) is 0.0157. The molecule has 1 aromatic carbocycles. The first-order chi connectivity index (χ1) is 62.9. The number of imidazole rings is 2. The number of carbonyl (C=O) groups excluding carboxylic acids is 19. The van der Waals surface area contributed by atoms with Crippen LogP contribution in [0.15, 0.2) is 55.4 Å². The van der Waals surface area contributed by atoms with Gasteiger partial charge in [0.2, 0.25) is 112 Å². The molecule has 28 N–H and O–H groups in total. The maximum absolute atomic E-state index is 15.2. The summed E-state index contributed by atoms with van der Waals surface area (Å²) in [4.78, 5) is 289. The second-order valence-electron chi connectivity index (χ2n) is 33.4. The summed E-state index contributed by atoms with van der Waals surface area (Å²) < 4.78 is 0. The SMILES string of the molecule is CC[C@H](C)[C@@H]1NC(=O)[C@H](Cc2cnc[nH]2)NC(=O)[C@H](CCC(N)=O)NC(=O)CNC(=O)[C@H](CCC(N)=O)NC(=O)[C@H](Cc2cnc[nH]2)NC(=O)[C@@H]2CCCN2C(=O)[C@H](CCCCN)NC(=O)[C@H]([C@@H](C)CC)NC(=O)[C@H](CCCNC(=N)N)NC(=O)[C@H](CCSC)NC(=O)[C@H]([C@@H](C)CC)NC(=O)[C@H](CCC(N)=O)NC(=O)[C@@H]2CCCN2C(=O)[C@@H](Cc2ccccc2)NC(=O)CNC1=O. The van der Waals surface area contributed by atoms with Gasteiger partial charge in [-0.1, -0.05) is 91.1 Å². The van der Waals surface area contributed by atoms with E-state index in [9.17, 15) is 71.9 Å². The third-order valence-corrected chi connectivity index (χ3v) is 24.1. The highest BCUT2D eigenvalue weighted by atomic mass is 32.2. The normalized spacial score (nSPS) is 25.1. The molecule has 17 atom stereocenters. The number of primary amides is 3. The van der Waals surface area contributed by atoms with Gasteiger partial charge in [-0.3, -0.25) is 96.5 Å². The Labute approximate surface area is 769 Å². The molecule has 46 nitrogen and oxygen atoms in total. The number of nitrogens with one attached hydrogen (secondary N) is 18. The van der Waals surface area contributed by atoms with E-state index < -0.39 is 272 Å². The molecule has 6 rings (SSSR count). The number of aromatic amines is 2. The van der Waals surface area contributed by atoms with E-state index in [0.29, 0.717) is 17.7 Å². The standard InChI is InChI=1S/C85H133N27O19S/c1-8-46(4)68-80(127)96-43-67(117)100-60(37-49-19-12-11-13-20-49)84(131)112-35-18-23-61(112)78(125)103-55(27-30-65(89)115)75(122)110-69(47(5)9-2)81(128)104-56(31-36-132-7)73(120)101-52(22-16-33-94-85(90)91)74(121)109-70(48(6)10-3)82(129)105-57(21-14-15-32-86)83(130)111-34-17-24-62(111)79(126)107-58(38-50-40-92-44-97-50)76(123)102-53(25-28-63(87)113)71(118)95-42-66(116)99-54(26-29-64(88)114)72(119)106-59(77(124)108-68)39-51-41-93-45-98-51/h11-13,19-20,40-41,44-48,52-62,68-70H,8-10,14-18,21-39,42-43,86H2,1-7H3,(H2,87,113)(H2,88,114)(H2,89,115)(H,92,97)(H,93,98)(H,95,118)(H,96,127)(H,99,116)(H,100,117)(H,101,120)(H,102,123)(H,103,125)(H,104,128)(H,105,129)(H,106,119)(H,107,126)(H,108,124)(H,109,121)(H,110,122)(H4,90,91,94)/t46-,47-,48-,52-,53-,54-,55-,56-,57-,58-,59-,60+,61-,62-,68-,69-,70-/m0/s1. The van der Waals surface area contributed by atoms with Gasteiger partial charge in [0.25, 0.3) is 0 Å². The van der Waals surface area contributed by atoms with Gasteiger partial charge in [-0.25, -0.2) is 9.97 Å². The highest BCUT2D eigenvalue weighted by molar-refractivity contribution is 7.98. The van der Waals surface area contributed by atoms with Crippen molar-refractivity contribution in [2.24, 2.45) is 46.4 Å². The molecule has 3 fully saturated rings. The van der Waals surface area contributed by atoms with E-state index in [1.165, 1.54) is 46.6 Å². The van der Waals surface area contributed by atoms with Crippen LogP contribution in [0.2, 0.25) is 0 Å². The number of hydrogen-bond acceptors (Lipinski definition) is 24. The van der Waals surface area contributed by atoms with Crippen LogP contribution in [0.4, 0.5) is 0 Å². The smallest absolute Gasteiger partial charge is 0.246 e. The Morgan fingerprint density at radius 2 is 0.811 bits per heavy atom. The molecule has 3 aliphatic heterocycles. The van der Waals surface area contributed by atoms with Gasteiger partial charge in [0.1, 0.15) is 84.6 Å². The molecular weight excluding hydrogens is 1740 g/mol. The van der Waals surface area contributed by atoms with Crippen LogP contribution >= 0.6 is 11.8 Å². The number of carbonyl (C=O) groups is 19. The second kappa shape index (κ2) is 55.4. The van der Waals surface area contributed by atoms with Gasteiger partial charge < -0.3 is 128 Å². The molecule has 0 radical (unpaired) electrons. The molecule has 5 heterocycles. The van der Waals surface area contributed by atoms with Crippen molar-refractivity contribution in [3.8, 4) is 0 Å². The van der Waals surface area contributed by atoms with Gasteiger partial charge in [0.05, 0.1) is 25.7 Å². The van der Waals surface area contributed by atoms with Crippen molar-refractivity contribution in [1.82, 2.24) is 109 Å². The van der Waals surface area contributed by atoms with Crippen LogP contribution in [0.25, 0.3) is 0 Å². The molecule has 3 saturated heterocycles. The number of amides is 19. The van der Waals surface area contributed by atoms with Crippen molar-refractivity contribution in [3.05, 3.63) is 72.3 Å². The van der Waals surface area contributed by atoms with Crippen molar-refractivity contribution in [3.63, 3.8) is 0 Å². The molecule has 728 valence electrons. The lowest BCUT2D eigenvalue weighted by Crippen LogP contribution is -2.62. The fourth-order valence-electron chi connectivity index (χ4n) is 15.2. The molecule has 19 amide bonds. The van der Waals surface area contributed by atoms with Gasteiger partial charge in [-0.2, -0.15) is 11.8 Å². The van der Waals surface area contributed by atoms with Gasteiger partial charge in [-0.05, 0) is 125 Å². The highest BCUT2D eigenvalue weighted by Gasteiger charge is 2.45. The van der Waals surface area contributed by atoms with Crippen molar-refractivity contribution in [2.45, 2.75) is 267 Å². The van der Waals surface area contributed by atoms with Crippen molar-refractivity contribution in [2.75, 3.05) is 51.3 Å². The summed E-state index contributed by atoms with van der Waals surface area (Å²) in [6.45, 7) is 8.50. The van der Waals surface area contributed by atoms with Crippen LogP contribution in [0.1, 0.15) is 180 Å². The van der Waals surface area contributed by atoms with Crippen molar-refractivity contribution in [1.29, 1.82) is 5.41 Å². The number of aromatic nitrogens is 4. The van der Waals surface area contributed by atoms with Crippen LogP contribution in [0.3, 0.4) is 0 Å². The average molecular weight is 1870 g/mol. The van der Waals surface area contributed by atoms with Gasteiger partial charge in [0.15, 0.2) is 5.96 Å². The average Bonchev–Trinajstić information content (AvgIpc) is 1.65. The zero-order chi connectivity index (χ0) is 97.3. The summed E-state index contributed by atoms with van der Waals surface area (Å²) in [5.74, 6) is -19.6. The lowest BCUT2D eigenvalue weighted by molar-refractivity contribution is -0.143. The highest BCUT2D eigenvalue weighted by Crippen LogP contribution is 2.25. The van der Waals surface area contributed by atoms with E-state index in [1.807, 2.05) is 0 Å². The van der Waals surface area contributed by atoms with E-state index in [4.69, 9.17) is 34.1 Å². The first-order valence-corrected chi connectivity index (χ1v) is 46.2. The minimum absolute atomic E-state index is 0.0264. The monoisotopic (exact) mass is 1870 g/mol. The zero-order valence-corrected chi connectivity index (χ0v) is 76.7. The number of guanidine groups is 1. The number of unbranched alkanes of at least 4 members (excludes halogenated alkanes) is 1. The van der Waals surface area contributed by atoms with Crippen molar-refractivity contribution >= 4 is 130 Å². The largest absolute Gasteiger partial charge is 0.370 e. The Bertz CT molecular complexity index is 4430. The van der Waals surface area contributed by atoms with Crippen molar-refractivity contribution < 1.29 is 91.1 Å². The molecule has 0 aliphatic carbocycles. The Kier molecular flexibility index (Phi) is 45.3. The lowest BCUT2D eigenvalue weighted by Gasteiger charge is -2.32. The van der Waals surface area contributed by atoms with Crippen LogP contribution in [-0.2, 0) is 110 Å². The van der Waals surface area contributed by atoms with E-state index in [1.54, 1.807) is 78.1 Å². The van der Waals surface area contributed by atoms with Crippen LogP contribution < -0.4 is 108 Å². The van der Waals surface area contributed by atoms with Crippen LogP contribution in [0, 0.1) is 23.2 Å². The summed E-state index contributed by atoms with van der Waals surface area (Å²) >= 11 is 1.31. The molecule has 0 saturated carbocycles. The van der Waals surface area contributed by atoms with E-state index in [0.717, 1.165) is 0 Å². The number of H-pyrrole nitrogens is 2. The molecular formula is C85H133N27O19S. The number of benzene rings is 1. The molecule has 132 heavy (non-hydrogen) atoms. The maximum atomic E-state index is 15.2. The molecule has 0 unspecified atom stereocenters. The lowest BCUT2D eigenvalue weighted by atomic mass is 9.96. The molecule has 3 aliphatic rings. The first kappa shape index (κ1) is 108. The maximum Gasteiger partial charge on any atom is 0.246 e. The zero-order valence-electron chi connectivity index (χ0n) is 75.9. The van der Waals surface area contributed by atoms with E-state index >= 15 is 19.2 Å². The minimum atomic E-state index is -1.69. The Morgan fingerprint density at radius 1 is 0.439 bits per heavy atom. The fraction of sp³-hybridized carbons (Fsp3) is 0.624. The topological polar surface area (TPSA) is 723 Å². The minimum Gasteiger partial charge on any atom is -0.370 e. The summed E-state index contributed by atoms with van der Waals surface area (Å²) in [6, 6.07) is -12.3. The number of fused-ring (bicyclic) bond motifs is 2. The summed E-state index contributed by atoms with van der Waals surface area (Å²) in [6.07, 6.45) is 5.16. The number of thioether (sulfide) groups is 1. The summed E-state index contributed by atoms with van der Waals surface area (Å²) in [5, 5.41) is 47.4. The Hall–Kier alpha value is -12.9. The summed E-state index contributed by atoms with van der Waals surface area (Å²) in [5.41, 5.74) is 29.4. The third-order valence-electron chi connectivity index (χ3n) is 23.4. The molecule has 47 heteroatoms. The third kappa shape index (κ3) is 35.1. The Balaban J connectivity index is 1.42. The number of nitrogens with two attached hydrogens (primary N) is 5. The predicted molar refractivity (Wildman–Crippen MR) is 482 cm³/mol. The number of rotatable bonds is 32. The molecule has 2 aromatic heterocycles. The Morgan fingerprint density at radius 3 is 1.26 bits per heavy atom. The molecule has 3 aromatic rings. The van der Waals surface area contributed by atoms with Crippen LogP contribution in [0.5, 0.6) is 0 Å². The van der Waals surface area contributed by atoms with Gasteiger partial charge in [0, 0.05) is 81.9 Å². The number of hydrogen-bond donors (Lipinski definition) is 23. The molecule has 0 spiro atoms. The van der Waals surface area contributed by atoms with E-state index in [-0.39, 0.29) is 134 Å². The fourth-order valence-corrected chi connectivity index (χ4v) is 15.7. The molecule has 0 bridgehead atoms. The summed E-state index contributed by atoms with van der Waals surface area (Å²) in [7, 11) is 0. The van der Waals surface area contributed by atoms with Gasteiger partial charge >= 0.3 is 0 Å². The van der Waals surface area contributed by atoms with Crippen LogP contribution in [-0.4, -0.2) is 284 Å².